The Kier molecular flexibility index (Phi) is 8.25. The number of carbonyl (C=O) groups is 1. The number of hydrogen-bond acceptors (Lipinski definition) is 5. The largest absolute Gasteiger partial charge is 0.485 e. The van der Waals surface area contributed by atoms with Crippen LogP contribution < -0.4 is 14.8 Å². The second-order valence-electron chi connectivity index (χ2n) is 7.03. The second kappa shape index (κ2) is 11.8. The number of nitrogens with zero attached hydrogens (tertiary/aromatic N) is 2. The Labute approximate surface area is 187 Å². The molecule has 0 aliphatic carbocycles. The van der Waals surface area contributed by atoms with Crippen LogP contribution in [0.4, 0.5) is 0 Å². The molecule has 1 N–H and O–H groups in total. The van der Waals surface area contributed by atoms with E-state index in [2.05, 4.69) is 5.32 Å². The predicted octanol–water partition coefficient (Wildman–Crippen LogP) is 4.77. The van der Waals surface area contributed by atoms with Gasteiger partial charge in [-0.25, -0.2) is 0 Å². The van der Waals surface area contributed by atoms with Crippen LogP contribution in [0.5, 0.6) is 11.5 Å². The Bertz CT molecular complexity index is 1100. The lowest BCUT2D eigenvalue weighted by molar-refractivity contribution is 0.0938. The summed E-state index contributed by atoms with van der Waals surface area (Å²) >= 11 is 0. The molecule has 0 unspecified atom stereocenters. The van der Waals surface area contributed by atoms with Crippen LogP contribution in [0.15, 0.2) is 78.9 Å². The molecule has 1 amide bonds. The van der Waals surface area contributed by atoms with Gasteiger partial charge in [0.15, 0.2) is 11.5 Å². The molecule has 0 saturated heterocycles. The SMILES string of the molecule is N#CCC[C@H]([14C]#N)NC(=O)c1cccc(OCc2ccccc2)c1OCc1ccccc1. The van der Waals surface area contributed by atoms with Crippen LogP contribution in [0, 0.1) is 22.7 Å². The summed E-state index contributed by atoms with van der Waals surface area (Å²) in [4.78, 5) is 13.0. The highest BCUT2D eigenvalue weighted by Crippen LogP contribution is 2.33. The van der Waals surface area contributed by atoms with Gasteiger partial charge in [-0.3, -0.25) is 4.79 Å². The zero-order valence-electron chi connectivity index (χ0n) is 17.5. The van der Waals surface area contributed by atoms with Crippen LogP contribution in [0.3, 0.4) is 0 Å². The highest BCUT2D eigenvalue weighted by Gasteiger charge is 2.20. The molecule has 6 heteroatoms. The quantitative estimate of drug-likeness (QED) is 0.503. The van der Waals surface area contributed by atoms with Crippen molar-refractivity contribution in [1.82, 2.24) is 5.32 Å². The lowest BCUT2D eigenvalue weighted by atomic mass is 10.1. The Morgan fingerprint density at radius 2 is 1.53 bits per heavy atom. The third-order valence-electron chi connectivity index (χ3n) is 4.69. The zero-order chi connectivity index (χ0) is 22.6. The molecule has 0 fully saturated rings. The van der Waals surface area contributed by atoms with E-state index in [1.807, 2.05) is 72.8 Å². The predicted molar refractivity (Wildman–Crippen MR) is 120 cm³/mol. The molecule has 3 aromatic carbocycles. The Hall–Kier alpha value is -4.29. The zero-order valence-corrected chi connectivity index (χ0v) is 17.5. The average molecular weight is 427 g/mol. The summed E-state index contributed by atoms with van der Waals surface area (Å²) in [5.74, 6) is 0.285. The monoisotopic (exact) mass is 427 g/mol. The van der Waals surface area contributed by atoms with Crippen molar-refractivity contribution in [3.8, 4) is 23.6 Å². The van der Waals surface area contributed by atoms with Gasteiger partial charge in [-0.15, -0.1) is 0 Å². The van der Waals surface area contributed by atoms with Gasteiger partial charge in [-0.05, 0) is 29.7 Å². The van der Waals surface area contributed by atoms with Gasteiger partial charge >= 0.3 is 0 Å². The van der Waals surface area contributed by atoms with Gasteiger partial charge < -0.3 is 14.8 Å². The van der Waals surface area contributed by atoms with Crippen LogP contribution in [0.25, 0.3) is 0 Å². The molecule has 0 aromatic heterocycles. The first-order valence-corrected chi connectivity index (χ1v) is 10.2. The van der Waals surface area contributed by atoms with Gasteiger partial charge in [0.2, 0.25) is 0 Å². The molecular weight excluding hydrogens is 404 g/mol. The molecule has 0 saturated carbocycles. The first kappa shape index (κ1) is 22.4. The van der Waals surface area contributed by atoms with Crippen molar-refractivity contribution in [1.29, 1.82) is 10.5 Å². The van der Waals surface area contributed by atoms with Gasteiger partial charge in [0.1, 0.15) is 19.3 Å². The highest BCUT2D eigenvalue weighted by molar-refractivity contribution is 5.98. The van der Waals surface area contributed by atoms with Gasteiger partial charge in [0, 0.05) is 6.42 Å². The summed E-state index contributed by atoms with van der Waals surface area (Å²) in [7, 11) is 0. The number of benzene rings is 3. The maximum atomic E-state index is 13.0. The summed E-state index contributed by atoms with van der Waals surface area (Å²) in [6, 6.07) is 27.6. The standard InChI is InChI=1S/C26H23N3O3/c27-16-8-13-22(17-28)29-26(30)23-14-7-15-24(31-18-20-9-3-1-4-10-20)25(23)32-19-21-11-5-2-6-12-21/h1-7,9-12,14-15,22H,8,13,18-19H2,(H,29,30)/t22-/m1/s1/i17+2. The molecule has 0 radical (unpaired) electrons. The fraction of sp³-hybridized carbons (Fsp3) is 0.192. The van der Waals surface area contributed by atoms with E-state index in [0.717, 1.165) is 11.1 Å². The maximum absolute atomic E-state index is 13.0. The molecule has 0 spiro atoms. The van der Waals surface area contributed by atoms with E-state index in [4.69, 9.17) is 14.7 Å². The van der Waals surface area contributed by atoms with Crippen LogP contribution >= 0.6 is 0 Å². The fourth-order valence-corrected chi connectivity index (χ4v) is 3.04. The second-order valence-corrected chi connectivity index (χ2v) is 7.03. The lowest BCUT2D eigenvalue weighted by Crippen LogP contribution is -2.34. The lowest BCUT2D eigenvalue weighted by Gasteiger charge is -2.17. The molecule has 160 valence electrons. The van der Waals surface area contributed by atoms with Crippen molar-refractivity contribution in [3.63, 3.8) is 0 Å². The van der Waals surface area contributed by atoms with Crippen LogP contribution in [-0.2, 0) is 13.2 Å². The molecule has 1 atom stereocenters. The molecule has 6 nitrogen and oxygen atoms in total. The van der Waals surface area contributed by atoms with Crippen molar-refractivity contribution in [2.75, 3.05) is 0 Å². The summed E-state index contributed by atoms with van der Waals surface area (Å²) < 4.78 is 12.0. The number of para-hydroxylation sites is 1. The highest BCUT2D eigenvalue weighted by atomic mass is 16.5. The number of hydrogen-bond donors (Lipinski definition) is 1. The van der Waals surface area contributed by atoms with E-state index in [-0.39, 0.29) is 25.0 Å². The molecular formula is C26H23N3O3. The molecule has 0 aliphatic rings. The third-order valence-corrected chi connectivity index (χ3v) is 4.69. The van der Waals surface area contributed by atoms with Crippen molar-refractivity contribution in [2.24, 2.45) is 0 Å². The number of nitriles is 2. The van der Waals surface area contributed by atoms with E-state index < -0.39 is 11.9 Å². The molecule has 0 bridgehead atoms. The Morgan fingerprint density at radius 3 is 2.12 bits per heavy atom. The average Bonchev–Trinajstić information content (AvgIpc) is 2.85. The Morgan fingerprint density at radius 1 is 0.906 bits per heavy atom. The molecule has 0 aliphatic heterocycles. The number of rotatable bonds is 10. The minimum atomic E-state index is -0.766. The Balaban J connectivity index is 1.84. The van der Waals surface area contributed by atoms with Gasteiger partial charge in [0.05, 0.1) is 17.7 Å². The van der Waals surface area contributed by atoms with Gasteiger partial charge in [-0.2, -0.15) is 10.5 Å². The van der Waals surface area contributed by atoms with E-state index in [1.54, 1.807) is 18.2 Å². The topological polar surface area (TPSA) is 95.1 Å². The molecule has 0 heterocycles. The summed E-state index contributed by atoms with van der Waals surface area (Å²) in [5, 5.41) is 20.7. The number of carbonyl (C=O) groups excluding carboxylic acids is 1. The number of ether oxygens (including phenoxy) is 2. The minimum Gasteiger partial charge on any atom is -0.485 e. The molecule has 32 heavy (non-hydrogen) atoms. The molecule has 3 aromatic rings. The van der Waals surface area contributed by atoms with Crippen molar-refractivity contribution < 1.29 is 14.3 Å². The van der Waals surface area contributed by atoms with Crippen LogP contribution in [0.1, 0.15) is 34.3 Å². The smallest absolute Gasteiger partial charge is 0.256 e. The summed E-state index contributed by atoms with van der Waals surface area (Å²) in [6.07, 6.45) is 0.430. The maximum Gasteiger partial charge on any atom is 0.256 e. The van der Waals surface area contributed by atoms with Gasteiger partial charge in [0.25, 0.3) is 5.91 Å². The number of amides is 1. The van der Waals surface area contributed by atoms with E-state index >= 15 is 0 Å². The van der Waals surface area contributed by atoms with Crippen LogP contribution in [0.2, 0.25) is 0 Å². The normalized spacial score (nSPS) is 10.9. The van der Waals surface area contributed by atoms with E-state index in [9.17, 15) is 10.1 Å². The van der Waals surface area contributed by atoms with Crippen LogP contribution in [-0.4, -0.2) is 11.9 Å². The minimum absolute atomic E-state index is 0.177. The van der Waals surface area contributed by atoms with E-state index in [1.165, 1.54) is 0 Å². The third kappa shape index (κ3) is 6.35. The first-order chi connectivity index (χ1) is 15.7. The van der Waals surface area contributed by atoms with Crippen molar-refractivity contribution in [2.45, 2.75) is 32.1 Å². The summed E-state index contributed by atoms with van der Waals surface area (Å²) in [6.45, 7) is 0.569. The van der Waals surface area contributed by atoms with E-state index in [0.29, 0.717) is 18.1 Å². The fourth-order valence-electron chi connectivity index (χ4n) is 3.04. The van der Waals surface area contributed by atoms with Crippen molar-refractivity contribution in [3.05, 3.63) is 95.6 Å². The first-order valence-electron chi connectivity index (χ1n) is 10.2. The van der Waals surface area contributed by atoms with Crippen molar-refractivity contribution >= 4 is 5.91 Å². The summed E-state index contributed by atoms with van der Waals surface area (Å²) in [5.41, 5.74) is 2.20. The van der Waals surface area contributed by atoms with Gasteiger partial charge in [-0.1, -0.05) is 66.7 Å². The number of nitrogens with one attached hydrogen (secondary N) is 1. The molecule has 3 rings (SSSR count).